The van der Waals surface area contributed by atoms with E-state index in [4.69, 9.17) is 4.74 Å². The molecule has 7 nitrogen and oxygen atoms in total. The van der Waals surface area contributed by atoms with Crippen LogP contribution in [0.4, 0.5) is 0 Å². The largest absolute Gasteiger partial charge is 0.492 e. The van der Waals surface area contributed by atoms with Crippen LogP contribution in [-0.4, -0.2) is 32.2 Å². The molecule has 1 aliphatic rings. The van der Waals surface area contributed by atoms with E-state index in [2.05, 4.69) is 23.4 Å². The van der Waals surface area contributed by atoms with E-state index in [1.54, 1.807) is 13.1 Å². The van der Waals surface area contributed by atoms with Crippen molar-refractivity contribution in [1.82, 2.24) is 19.8 Å². The minimum Gasteiger partial charge on any atom is -0.492 e. The van der Waals surface area contributed by atoms with Gasteiger partial charge in [-0.2, -0.15) is 9.36 Å². The van der Waals surface area contributed by atoms with Gasteiger partial charge in [0.15, 0.2) is 5.78 Å². The Hall–Kier alpha value is -2.96. The fraction of sp³-hybridized carbons (Fsp3) is 0.429. The van der Waals surface area contributed by atoms with Crippen LogP contribution in [0.2, 0.25) is 0 Å². The molecule has 0 radical (unpaired) electrons. The molecule has 0 saturated carbocycles. The minimum absolute atomic E-state index is 0.113. The Kier molecular flexibility index (Phi) is 5.63. The molecular formula is C21H26N4O3. The number of tetrazole rings is 1. The number of aromatic nitrogens is 4. The van der Waals surface area contributed by atoms with Gasteiger partial charge in [0.25, 0.3) is 0 Å². The molecule has 7 heteroatoms. The van der Waals surface area contributed by atoms with Gasteiger partial charge in [-0.3, -0.25) is 4.79 Å². The molecule has 1 aromatic heterocycles. The van der Waals surface area contributed by atoms with E-state index < -0.39 is 5.41 Å². The number of allylic oxidation sites excluding steroid dienone is 3. The molecule has 1 heterocycles. The van der Waals surface area contributed by atoms with Crippen molar-refractivity contribution in [2.75, 3.05) is 6.61 Å². The lowest BCUT2D eigenvalue weighted by molar-refractivity contribution is 0.0988. The molecule has 1 aliphatic carbocycles. The van der Waals surface area contributed by atoms with E-state index >= 15 is 0 Å². The van der Waals surface area contributed by atoms with E-state index in [9.17, 15) is 9.59 Å². The van der Waals surface area contributed by atoms with E-state index in [1.807, 2.05) is 44.2 Å². The Morgan fingerprint density at radius 1 is 1.25 bits per heavy atom. The average molecular weight is 382 g/mol. The summed E-state index contributed by atoms with van der Waals surface area (Å²) in [6, 6.07) is 5.22. The van der Waals surface area contributed by atoms with E-state index in [0.717, 1.165) is 17.7 Å². The zero-order valence-corrected chi connectivity index (χ0v) is 16.8. The highest BCUT2D eigenvalue weighted by atomic mass is 16.5. The van der Waals surface area contributed by atoms with Gasteiger partial charge in [0.1, 0.15) is 5.75 Å². The van der Waals surface area contributed by atoms with Gasteiger partial charge in [0.2, 0.25) is 0 Å². The van der Waals surface area contributed by atoms with Gasteiger partial charge in [0, 0.05) is 24.4 Å². The van der Waals surface area contributed by atoms with Gasteiger partial charge < -0.3 is 4.74 Å². The SMILES string of the molecule is CCC(=O)c1ccc(OCC2(CC)C=CC=CC2n2nnn(C)c2=O)c(C)c1. The van der Waals surface area contributed by atoms with E-state index in [-0.39, 0.29) is 17.5 Å². The number of hydrogen-bond donors (Lipinski definition) is 0. The number of rotatable bonds is 7. The normalized spacial score (nSPS) is 21.1. The van der Waals surface area contributed by atoms with Gasteiger partial charge in [-0.05, 0) is 47.5 Å². The van der Waals surface area contributed by atoms with Crippen LogP contribution in [0.3, 0.4) is 0 Å². The maximum Gasteiger partial charge on any atom is 0.363 e. The lowest BCUT2D eigenvalue weighted by Crippen LogP contribution is -2.41. The molecule has 0 fully saturated rings. The molecule has 0 N–H and O–H groups in total. The third-order valence-corrected chi connectivity index (χ3v) is 5.40. The Balaban J connectivity index is 1.87. The summed E-state index contributed by atoms with van der Waals surface area (Å²) in [6.07, 6.45) is 9.15. The van der Waals surface area contributed by atoms with Crippen molar-refractivity contribution in [2.24, 2.45) is 12.5 Å². The summed E-state index contributed by atoms with van der Waals surface area (Å²) < 4.78 is 8.80. The van der Waals surface area contributed by atoms with E-state index in [0.29, 0.717) is 18.6 Å². The van der Waals surface area contributed by atoms with Gasteiger partial charge in [0.05, 0.1) is 12.6 Å². The Labute approximate surface area is 164 Å². The summed E-state index contributed by atoms with van der Waals surface area (Å²) in [5.41, 5.74) is 0.913. The van der Waals surface area contributed by atoms with Gasteiger partial charge in [-0.25, -0.2) is 4.79 Å². The molecule has 0 amide bonds. The summed E-state index contributed by atoms with van der Waals surface area (Å²) in [6.45, 7) is 6.23. The number of hydrogen-bond acceptors (Lipinski definition) is 5. The summed E-state index contributed by atoms with van der Waals surface area (Å²) in [5, 5.41) is 7.88. The Bertz CT molecular complexity index is 986. The predicted octanol–water partition coefficient (Wildman–Crippen LogP) is 3.02. The number of Topliss-reactive ketones (excluding diaryl/α,β-unsaturated/α-hetero) is 1. The fourth-order valence-corrected chi connectivity index (χ4v) is 3.50. The highest BCUT2D eigenvalue weighted by Gasteiger charge is 2.39. The van der Waals surface area contributed by atoms with Crippen molar-refractivity contribution in [1.29, 1.82) is 0 Å². The van der Waals surface area contributed by atoms with Crippen LogP contribution in [0.1, 0.15) is 48.7 Å². The molecule has 0 spiro atoms. The van der Waals surface area contributed by atoms with Crippen molar-refractivity contribution in [3.63, 3.8) is 0 Å². The number of ketones is 1. The van der Waals surface area contributed by atoms with Gasteiger partial charge >= 0.3 is 5.69 Å². The van der Waals surface area contributed by atoms with Crippen LogP contribution in [0.5, 0.6) is 5.75 Å². The van der Waals surface area contributed by atoms with Crippen LogP contribution >= 0.6 is 0 Å². The minimum atomic E-state index is -0.432. The molecule has 148 valence electrons. The third kappa shape index (κ3) is 3.56. The second-order valence-electron chi connectivity index (χ2n) is 7.15. The quantitative estimate of drug-likeness (QED) is 0.688. The molecule has 2 atom stereocenters. The first-order chi connectivity index (χ1) is 13.4. The van der Waals surface area contributed by atoms with Crippen molar-refractivity contribution in [2.45, 2.75) is 39.7 Å². The van der Waals surface area contributed by atoms with Crippen molar-refractivity contribution < 1.29 is 9.53 Å². The molecular weight excluding hydrogens is 356 g/mol. The first kappa shape index (κ1) is 19.8. The van der Waals surface area contributed by atoms with Crippen molar-refractivity contribution in [3.8, 4) is 5.75 Å². The van der Waals surface area contributed by atoms with E-state index in [1.165, 1.54) is 9.36 Å². The molecule has 2 aromatic rings. The second kappa shape index (κ2) is 7.96. The maximum atomic E-state index is 12.4. The monoisotopic (exact) mass is 382 g/mol. The molecule has 1 aromatic carbocycles. The first-order valence-electron chi connectivity index (χ1n) is 9.53. The van der Waals surface area contributed by atoms with Crippen LogP contribution in [0.25, 0.3) is 0 Å². The smallest absolute Gasteiger partial charge is 0.363 e. The highest BCUT2D eigenvalue weighted by Crippen LogP contribution is 2.40. The number of carbonyl (C=O) groups is 1. The second-order valence-corrected chi connectivity index (χ2v) is 7.15. The molecule has 0 saturated heterocycles. The first-order valence-corrected chi connectivity index (χ1v) is 9.53. The topological polar surface area (TPSA) is 79.0 Å². The molecule has 28 heavy (non-hydrogen) atoms. The lowest BCUT2D eigenvalue weighted by atomic mass is 9.76. The Morgan fingerprint density at radius 3 is 2.64 bits per heavy atom. The number of benzene rings is 1. The maximum absolute atomic E-state index is 12.4. The number of ether oxygens (including phenoxy) is 1. The Morgan fingerprint density at radius 2 is 2.04 bits per heavy atom. The van der Waals surface area contributed by atoms with Crippen molar-refractivity contribution >= 4 is 5.78 Å². The highest BCUT2D eigenvalue weighted by molar-refractivity contribution is 5.96. The number of carbonyl (C=O) groups excluding carboxylic acids is 1. The van der Waals surface area contributed by atoms with Crippen LogP contribution in [0, 0.1) is 12.3 Å². The van der Waals surface area contributed by atoms with Crippen LogP contribution < -0.4 is 10.4 Å². The third-order valence-electron chi connectivity index (χ3n) is 5.40. The summed E-state index contributed by atoms with van der Waals surface area (Å²) in [5.74, 6) is 0.843. The molecule has 3 rings (SSSR count). The van der Waals surface area contributed by atoms with Gasteiger partial charge in [-0.15, -0.1) is 0 Å². The summed E-state index contributed by atoms with van der Waals surface area (Å²) >= 11 is 0. The average Bonchev–Trinajstić information content (AvgIpc) is 3.05. The summed E-state index contributed by atoms with van der Waals surface area (Å²) in [4.78, 5) is 24.3. The lowest BCUT2D eigenvalue weighted by Gasteiger charge is -2.36. The standard InChI is InChI=1S/C21H26N4O3/c1-5-17(26)16-10-11-18(15(3)13-16)28-14-21(6-2)12-8-7-9-19(21)25-20(27)24(4)22-23-25/h7-13,19H,5-6,14H2,1-4H3. The van der Waals surface area contributed by atoms with Crippen LogP contribution in [-0.2, 0) is 7.05 Å². The van der Waals surface area contributed by atoms with Gasteiger partial charge in [-0.1, -0.05) is 38.2 Å². The number of aryl methyl sites for hydroxylation is 2. The fourth-order valence-electron chi connectivity index (χ4n) is 3.50. The molecule has 0 bridgehead atoms. The predicted molar refractivity (Wildman–Crippen MR) is 107 cm³/mol. The van der Waals surface area contributed by atoms with Crippen LogP contribution in [0.15, 0.2) is 47.3 Å². The molecule has 2 unspecified atom stereocenters. The number of nitrogens with zero attached hydrogens (tertiary/aromatic N) is 4. The molecule has 0 aliphatic heterocycles. The zero-order chi connectivity index (χ0) is 20.3. The summed E-state index contributed by atoms with van der Waals surface area (Å²) in [7, 11) is 1.58. The zero-order valence-electron chi connectivity index (χ0n) is 16.8. The van der Waals surface area contributed by atoms with Crippen molar-refractivity contribution in [3.05, 3.63) is 64.1 Å².